The Hall–Kier alpha value is -7.10. The number of hydrogen-bond acceptors (Lipinski definition) is 3. The van der Waals surface area contributed by atoms with Crippen LogP contribution in [0.25, 0.3) is 76.6 Å². The van der Waals surface area contributed by atoms with Gasteiger partial charge in [-0.05, 0) is 108 Å². The van der Waals surface area contributed by atoms with E-state index in [9.17, 15) is 0 Å². The molecule has 2 aromatic heterocycles. The van der Waals surface area contributed by atoms with Gasteiger partial charge in [-0.25, -0.2) is 0 Å². The summed E-state index contributed by atoms with van der Waals surface area (Å²) in [7, 11) is 0. The van der Waals surface area contributed by atoms with Crippen LogP contribution in [0.5, 0.6) is 0 Å². The zero-order chi connectivity index (χ0) is 35.1. The van der Waals surface area contributed by atoms with Gasteiger partial charge in [0.25, 0.3) is 0 Å². The van der Waals surface area contributed by atoms with E-state index in [1.165, 1.54) is 54.6 Å². The molecule has 2 heterocycles. The molecule has 10 aromatic rings. The van der Waals surface area contributed by atoms with Crippen LogP contribution in [0, 0.1) is 0 Å². The second-order valence-corrected chi connectivity index (χ2v) is 13.4. The number of para-hydroxylation sites is 1. The van der Waals surface area contributed by atoms with Crippen molar-refractivity contribution in [1.82, 2.24) is 9.97 Å². The Morgan fingerprint density at radius 3 is 1.58 bits per heavy atom. The molecule has 248 valence electrons. The van der Waals surface area contributed by atoms with Gasteiger partial charge in [0.1, 0.15) is 0 Å². The normalized spacial score (nSPS) is 11.4. The molecule has 0 amide bonds. The van der Waals surface area contributed by atoms with Crippen molar-refractivity contribution in [2.75, 3.05) is 4.90 Å². The van der Waals surface area contributed by atoms with E-state index in [-0.39, 0.29) is 0 Å². The predicted molar refractivity (Wildman–Crippen MR) is 223 cm³/mol. The zero-order valence-corrected chi connectivity index (χ0v) is 28.9. The van der Waals surface area contributed by atoms with Gasteiger partial charge < -0.3 is 4.90 Å². The molecule has 0 aliphatic carbocycles. The molecule has 8 aromatic carbocycles. The molecule has 0 radical (unpaired) electrons. The van der Waals surface area contributed by atoms with Crippen molar-refractivity contribution in [2.24, 2.45) is 0 Å². The minimum atomic E-state index is 0.961. The monoisotopic (exact) mass is 675 g/mol. The Balaban J connectivity index is 1.15. The Kier molecular flexibility index (Phi) is 7.47. The Morgan fingerprint density at radius 1 is 0.358 bits per heavy atom. The summed E-state index contributed by atoms with van der Waals surface area (Å²) >= 11 is 0. The van der Waals surface area contributed by atoms with E-state index in [1.54, 1.807) is 0 Å². The Labute approximate surface area is 308 Å². The van der Waals surface area contributed by atoms with Crippen molar-refractivity contribution in [3.8, 4) is 33.4 Å². The first-order chi connectivity index (χ1) is 26.3. The number of nitrogens with zero attached hydrogens (tertiary/aromatic N) is 3. The molecule has 0 spiro atoms. The lowest BCUT2D eigenvalue weighted by molar-refractivity contribution is 1.28. The molecule has 3 heteroatoms. The molecule has 0 atom stereocenters. The lowest BCUT2D eigenvalue weighted by Gasteiger charge is -2.27. The number of benzene rings is 8. The van der Waals surface area contributed by atoms with Gasteiger partial charge in [-0.2, -0.15) is 0 Å². The van der Waals surface area contributed by atoms with Crippen LogP contribution in [0.1, 0.15) is 0 Å². The Bertz CT molecular complexity index is 2870. The van der Waals surface area contributed by atoms with E-state index in [2.05, 4.69) is 185 Å². The number of hydrogen-bond donors (Lipinski definition) is 0. The predicted octanol–water partition coefficient (Wildman–Crippen LogP) is 13.6. The van der Waals surface area contributed by atoms with Crippen LogP contribution in [-0.2, 0) is 0 Å². The van der Waals surface area contributed by atoms with Crippen LogP contribution >= 0.6 is 0 Å². The smallest absolute Gasteiger partial charge is 0.0723 e. The summed E-state index contributed by atoms with van der Waals surface area (Å²) in [6.07, 6.45) is 5.62. The highest BCUT2D eigenvalue weighted by atomic mass is 15.1. The standard InChI is InChI=1S/C50H33N3/c1-2-14-40-35(11-1)12-9-20-41(40)50-44-17-5-3-15-42(44)49(43-16-4-6-18-45(43)50)36-24-28-39(29-25-36)53(48-30-32-52-47-21-8-7-19-46(47)48)38-26-22-34(23-27-38)37-13-10-31-51-33-37/h1-33H. The van der Waals surface area contributed by atoms with E-state index >= 15 is 0 Å². The average Bonchev–Trinajstić information content (AvgIpc) is 3.24. The van der Waals surface area contributed by atoms with E-state index in [0.717, 1.165) is 39.1 Å². The largest absolute Gasteiger partial charge is 0.310 e. The summed E-state index contributed by atoms with van der Waals surface area (Å²) < 4.78 is 0. The van der Waals surface area contributed by atoms with Gasteiger partial charge in [0.15, 0.2) is 0 Å². The van der Waals surface area contributed by atoms with Gasteiger partial charge in [-0.3, -0.25) is 9.97 Å². The van der Waals surface area contributed by atoms with Gasteiger partial charge in [-0.15, -0.1) is 0 Å². The highest BCUT2D eigenvalue weighted by Crippen LogP contribution is 2.46. The fourth-order valence-corrected chi connectivity index (χ4v) is 7.99. The van der Waals surface area contributed by atoms with Crippen LogP contribution in [0.4, 0.5) is 17.1 Å². The molecular formula is C50H33N3. The first-order valence-corrected chi connectivity index (χ1v) is 18.0. The third-order valence-corrected chi connectivity index (χ3v) is 10.4. The molecular weight excluding hydrogens is 643 g/mol. The van der Waals surface area contributed by atoms with Crippen LogP contribution in [0.15, 0.2) is 201 Å². The van der Waals surface area contributed by atoms with Gasteiger partial charge >= 0.3 is 0 Å². The summed E-state index contributed by atoms with van der Waals surface area (Å²) in [6, 6.07) is 65.4. The first kappa shape index (κ1) is 30.7. The number of rotatable bonds is 6. The van der Waals surface area contributed by atoms with Crippen LogP contribution in [-0.4, -0.2) is 9.97 Å². The number of aromatic nitrogens is 2. The van der Waals surface area contributed by atoms with Crippen molar-refractivity contribution in [3.63, 3.8) is 0 Å². The summed E-state index contributed by atoms with van der Waals surface area (Å²) in [6.45, 7) is 0. The molecule has 10 rings (SSSR count). The van der Waals surface area contributed by atoms with E-state index in [0.29, 0.717) is 0 Å². The maximum Gasteiger partial charge on any atom is 0.0723 e. The molecule has 0 bridgehead atoms. The minimum Gasteiger partial charge on any atom is -0.310 e. The van der Waals surface area contributed by atoms with Crippen molar-refractivity contribution in [1.29, 1.82) is 0 Å². The maximum atomic E-state index is 4.69. The maximum absolute atomic E-state index is 4.69. The van der Waals surface area contributed by atoms with Crippen LogP contribution < -0.4 is 4.90 Å². The lowest BCUT2D eigenvalue weighted by Crippen LogP contribution is -2.10. The van der Waals surface area contributed by atoms with Gasteiger partial charge in [0.05, 0.1) is 11.2 Å². The second kappa shape index (κ2) is 12.9. The lowest BCUT2D eigenvalue weighted by atomic mass is 9.85. The Morgan fingerprint density at radius 2 is 0.925 bits per heavy atom. The second-order valence-electron chi connectivity index (χ2n) is 13.4. The molecule has 0 unspecified atom stereocenters. The van der Waals surface area contributed by atoms with E-state index < -0.39 is 0 Å². The average molecular weight is 676 g/mol. The van der Waals surface area contributed by atoms with Gasteiger partial charge in [0.2, 0.25) is 0 Å². The third-order valence-electron chi connectivity index (χ3n) is 10.4. The SMILES string of the molecule is c1cncc(-c2ccc(N(c3ccc(-c4c5ccccc5c(-c5cccc6ccccc56)c5ccccc45)cc3)c3ccnc4ccccc34)cc2)c1. The number of pyridine rings is 2. The molecule has 3 nitrogen and oxygen atoms in total. The molecule has 0 aliphatic heterocycles. The molecule has 0 saturated heterocycles. The number of fused-ring (bicyclic) bond motifs is 4. The van der Waals surface area contributed by atoms with Crippen molar-refractivity contribution in [3.05, 3.63) is 201 Å². The third kappa shape index (κ3) is 5.30. The fourth-order valence-electron chi connectivity index (χ4n) is 7.99. The van der Waals surface area contributed by atoms with Crippen molar-refractivity contribution >= 4 is 60.3 Å². The van der Waals surface area contributed by atoms with E-state index in [4.69, 9.17) is 0 Å². The summed E-state index contributed by atoms with van der Waals surface area (Å²) in [5.74, 6) is 0. The quantitative estimate of drug-likeness (QED) is 0.164. The summed E-state index contributed by atoms with van der Waals surface area (Å²) in [5, 5.41) is 8.59. The first-order valence-electron chi connectivity index (χ1n) is 18.0. The summed E-state index contributed by atoms with van der Waals surface area (Å²) in [5.41, 5.74) is 11.3. The minimum absolute atomic E-state index is 0.961. The van der Waals surface area contributed by atoms with Gasteiger partial charge in [0, 0.05) is 35.4 Å². The van der Waals surface area contributed by atoms with E-state index in [1.807, 2.05) is 30.7 Å². The molecule has 0 aliphatic rings. The molecule has 0 N–H and O–H groups in total. The number of anilines is 3. The van der Waals surface area contributed by atoms with Gasteiger partial charge in [-0.1, -0.05) is 140 Å². The highest BCUT2D eigenvalue weighted by Gasteiger charge is 2.20. The summed E-state index contributed by atoms with van der Waals surface area (Å²) in [4.78, 5) is 11.4. The molecule has 0 saturated carbocycles. The van der Waals surface area contributed by atoms with Crippen molar-refractivity contribution in [2.45, 2.75) is 0 Å². The molecule has 53 heavy (non-hydrogen) atoms. The highest BCUT2D eigenvalue weighted by molar-refractivity contribution is 6.23. The zero-order valence-electron chi connectivity index (χ0n) is 28.9. The van der Waals surface area contributed by atoms with Crippen LogP contribution in [0.2, 0.25) is 0 Å². The van der Waals surface area contributed by atoms with Crippen molar-refractivity contribution < 1.29 is 0 Å². The van der Waals surface area contributed by atoms with Crippen LogP contribution in [0.3, 0.4) is 0 Å². The molecule has 0 fully saturated rings. The fraction of sp³-hybridized carbons (Fsp3) is 0. The topological polar surface area (TPSA) is 29.0 Å².